The number of nitrogens with zero attached hydrogens (tertiary/aromatic N) is 2. The van der Waals surface area contributed by atoms with Crippen molar-refractivity contribution in [2.75, 3.05) is 0 Å². The molecule has 0 saturated carbocycles. The minimum Gasteiger partial charge on any atom is -0.311 e. The maximum Gasteiger partial charge on any atom is 0.252 e. The third kappa shape index (κ3) is 4.03. The molecule has 1 aromatic heterocycles. The Hall–Kier alpha value is -1.88. The van der Waals surface area contributed by atoms with E-state index in [1.54, 1.807) is 18.2 Å². The number of aryl methyl sites for hydroxylation is 3. The van der Waals surface area contributed by atoms with Crippen LogP contribution in [0, 0.1) is 20.8 Å². The Bertz CT molecular complexity index is 1100. The molecule has 0 bridgehead atoms. The zero-order valence-electron chi connectivity index (χ0n) is 15.5. The van der Waals surface area contributed by atoms with Gasteiger partial charge in [-0.3, -0.25) is 4.79 Å². The van der Waals surface area contributed by atoms with E-state index in [0.29, 0.717) is 21.4 Å². The Balaban J connectivity index is 2.09. The van der Waals surface area contributed by atoms with E-state index >= 15 is 0 Å². The van der Waals surface area contributed by atoms with E-state index in [1.807, 2.05) is 18.4 Å². The number of carbonyl (C=O) groups excluding carboxylic acids is 1. The number of carbonyl (C=O) groups is 1. The molecular weight excluding hydrogens is 399 g/mol. The summed E-state index contributed by atoms with van der Waals surface area (Å²) in [6.45, 7) is 10.4. The predicted octanol–water partition coefficient (Wildman–Crippen LogP) is 5.79. The van der Waals surface area contributed by atoms with E-state index in [0.717, 1.165) is 26.9 Å². The molecular formula is C21H20Cl2N2OS. The van der Waals surface area contributed by atoms with Crippen LogP contribution >= 0.6 is 34.5 Å². The van der Waals surface area contributed by atoms with Crippen LogP contribution in [0.5, 0.6) is 0 Å². The summed E-state index contributed by atoms with van der Waals surface area (Å²) in [6, 6.07) is 7.69. The maximum absolute atomic E-state index is 12.7. The molecule has 0 spiro atoms. The molecule has 0 atom stereocenters. The number of hydrogen-bond acceptors (Lipinski definition) is 2. The summed E-state index contributed by atoms with van der Waals surface area (Å²) in [6.07, 6.45) is 2.02. The minimum atomic E-state index is -0.193. The van der Waals surface area contributed by atoms with Crippen molar-refractivity contribution in [3.05, 3.63) is 74.0 Å². The normalized spacial score (nSPS) is 12.0. The average Bonchev–Trinajstić information content (AvgIpc) is 2.94. The molecule has 6 heteroatoms. The Labute approximate surface area is 172 Å². The molecule has 0 fully saturated rings. The second-order valence-electron chi connectivity index (χ2n) is 6.55. The number of rotatable bonds is 4. The maximum atomic E-state index is 12.7. The molecule has 3 aromatic rings. The Kier molecular flexibility index (Phi) is 5.89. The standard InChI is InChI=1S/C21H20Cl2N2OS/c1-5-8-25-19-16(22)6-7-17(23)20(19)27-21(25)24-18(26)11-15-13(3)9-12(2)10-14(15)4/h5-7,9-10H,1,8,11H2,2-4H3. The van der Waals surface area contributed by atoms with Crippen LogP contribution in [0.15, 0.2) is 41.9 Å². The van der Waals surface area contributed by atoms with E-state index < -0.39 is 0 Å². The summed E-state index contributed by atoms with van der Waals surface area (Å²) in [5.74, 6) is -0.193. The Morgan fingerprint density at radius 2 is 1.81 bits per heavy atom. The average molecular weight is 419 g/mol. The van der Waals surface area contributed by atoms with Gasteiger partial charge in [0.1, 0.15) is 0 Å². The van der Waals surface area contributed by atoms with Crippen LogP contribution in [0.25, 0.3) is 10.2 Å². The zero-order valence-corrected chi connectivity index (χ0v) is 17.8. The molecule has 3 rings (SSSR count). The third-order valence-corrected chi connectivity index (χ3v) is 6.27. The van der Waals surface area contributed by atoms with Gasteiger partial charge in [0.25, 0.3) is 5.91 Å². The van der Waals surface area contributed by atoms with Crippen LogP contribution in [0.2, 0.25) is 10.0 Å². The number of hydrogen-bond donors (Lipinski definition) is 0. The highest BCUT2D eigenvalue weighted by atomic mass is 35.5. The number of halogens is 2. The topological polar surface area (TPSA) is 34.4 Å². The lowest BCUT2D eigenvalue weighted by molar-refractivity contribution is -0.117. The fraction of sp³-hybridized carbons (Fsp3) is 0.238. The molecule has 1 amide bonds. The van der Waals surface area contributed by atoms with Crippen LogP contribution < -0.4 is 4.80 Å². The van der Waals surface area contributed by atoms with E-state index in [9.17, 15) is 4.79 Å². The molecule has 0 aliphatic carbocycles. The summed E-state index contributed by atoms with van der Waals surface area (Å²) in [5.41, 5.74) is 5.22. The number of amides is 1. The van der Waals surface area contributed by atoms with Crippen LogP contribution in [0.3, 0.4) is 0 Å². The van der Waals surface area contributed by atoms with Crippen molar-refractivity contribution in [2.45, 2.75) is 33.7 Å². The van der Waals surface area contributed by atoms with E-state index in [2.05, 4.69) is 30.6 Å². The number of thiazole rings is 1. The van der Waals surface area contributed by atoms with Gasteiger partial charge in [0.2, 0.25) is 0 Å². The molecule has 0 unspecified atom stereocenters. The van der Waals surface area contributed by atoms with E-state index in [1.165, 1.54) is 16.9 Å². The van der Waals surface area contributed by atoms with Gasteiger partial charge in [-0.1, -0.05) is 58.3 Å². The smallest absolute Gasteiger partial charge is 0.252 e. The first-order valence-electron chi connectivity index (χ1n) is 8.54. The van der Waals surface area contributed by atoms with Crippen molar-refractivity contribution in [3.63, 3.8) is 0 Å². The van der Waals surface area contributed by atoms with Gasteiger partial charge in [-0.05, 0) is 49.6 Å². The molecule has 0 radical (unpaired) electrons. The fourth-order valence-electron chi connectivity index (χ4n) is 3.28. The van der Waals surface area contributed by atoms with Crippen LogP contribution in [0.4, 0.5) is 0 Å². The SMILES string of the molecule is C=CCn1c(=NC(=O)Cc2c(C)cc(C)cc2C)sc2c(Cl)ccc(Cl)c21. The van der Waals surface area contributed by atoms with Crippen LogP contribution in [-0.2, 0) is 17.8 Å². The van der Waals surface area contributed by atoms with Crippen molar-refractivity contribution in [1.29, 1.82) is 0 Å². The lowest BCUT2D eigenvalue weighted by Gasteiger charge is -2.09. The van der Waals surface area contributed by atoms with Gasteiger partial charge in [0, 0.05) is 6.54 Å². The summed E-state index contributed by atoms with van der Waals surface area (Å²) in [7, 11) is 0. The number of benzene rings is 2. The second kappa shape index (κ2) is 8.01. The van der Waals surface area contributed by atoms with Crippen LogP contribution in [0.1, 0.15) is 22.3 Å². The third-order valence-electron chi connectivity index (χ3n) is 4.43. The quantitative estimate of drug-likeness (QED) is 0.493. The molecule has 0 aliphatic heterocycles. The predicted molar refractivity (Wildman–Crippen MR) is 115 cm³/mol. The summed E-state index contributed by atoms with van der Waals surface area (Å²) in [5, 5.41) is 1.17. The first-order chi connectivity index (χ1) is 12.8. The van der Waals surface area contributed by atoms with Crippen molar-refractivity contribution in [2.24, 2.45) is 4.99 Å². The zero-order chi connectivity index (χ0) is 19.7. The molecule has 3 nitrogen and oxygen atoms in total. The van der Waals surface area contributed by atoms with Crippen LogP contribution in [-0.4, -0.2) is 10.5 Å². The van der Waals surface area contributed by atoms with Gasteiger partial charge in [0.15, 0.2) is 4.80 Å². The summed E-state index contributed by atoms with van der Waals surface area (Å²) >= 11 is 14.1. The first-order valence-corrected chi connectivity index (χ1v) is 10.1. The molecule has 0 aliphatic rings. The number of fused-ring (bicyclic) bond motifs is 1. The van der Waals surface area contributed by atoms with Gasteiger partial charge in [-0.25, -0.2) is 0 Å². The van der Waals surface area contributed by atoms with Gasteiger partial charge in [-0.2, -0.15) is 4.99 Å². The van der Waals surface area contributed by atoms with Gasteiger partial charge >= 0.3 is 0 Å². The van der Waals surface area contributed by atoms with E-state index in [4.69, 9.17) is 23.2 Å². The molecule has 2 aromatic carbocycles. The van der Waals surface area contributed by atoms with Gasteiger partial charge in [-0.15, -0.1) is 6.58 Å². The lowest BCUT2D eigenvalue weighted by atomic mass is 9.97. The molecule has 140 valence electrons. The van der Waals surface area contributed by atoms with Crippen molar-refractivity contribution in [3.8, 4) is 0 Å². The lowest BCUT2D eigenvalue weighted by Crippen LogP contribution is -2.17. The van der Waals surface area contributed by atoms with Gasteiger partial charge in [0.05, 0.1) is 26.7 Å². The van der Waals surface area contributed by atoms with E-state index in [-0.39, 0.29) is 12.3 Å². The largest absolute Gasteiger partial charge is 0.311 e. The minimum absolute atomic E-state index is 0.193. The van der Waals surface area contributed by atoms with Crippen molar-refractivity contribution >= 4 is 50.7 Å². The summed E-state index contributed by atoms with van der Waals surface area (Å²) in [4.78, 5) is 17.7. The number of allylic oxidation sites excluding steroid dienone is 1. The highest BCUT2D eigenvalue weighted by Gasteiger charge is 2.14. The molecule has 1 heterocycles. The first kappa shape index (κ1) is 19.9. The number of aromatic nitrogens is 1. The monoisotopic (exact) mass is 418 g/mol. The molecule has 0 saturated heterocycles. The summed E-state index contributed by atoms with van der Waals surface area (Å²) < 4.78 is 2.70. The fourth-order valence-corrected chi connectivity index (χ4v) is 4.95. The van der Waals surface area contributed by atoms with Gasteiger partial charge < -0.3 is 4.57 Å². The Morgan fingerprint density at radius 3 is 2.44 bits per heavy atom. The second-order valence-corrected chi connectivity index (χ2v) is 8.34. The van der Waals surface area contributed by atoms with Crippen molar-refractivity contribution in [1.82, 2.24) is 4.57 Å². The highest BCUT2D eigenvalue weighted by Crippen LogP contribution is 2.31. The Morgan fingerprint density at radius 1 is 1.19 bits per heavy atom. The molecule has 0 N–H and O–H groups in total. The highest BCUT2D eigenvalue weighted by molar-refractivity contribution is 7.17. The molecule has 27 heavy (non-hydrogen) atoms. The van der Waals surface area contributed by atoms with Crippen molar-refractivity contribution < 1.29 is 4.79 Å².